The number of rotatable bonds is 6. The predicted octanol–water partition coefficient (Wildman–Crippen LogP) is 4.83. The zero-order valence-corrected chi connectivity index (χ0v) is 12.8. The fourth-order valence-electron chi connectivity index (χ4n) is 2.02. The minimum Gasteiger partial charge on any atom is -0.294 e. The number of hydrogen-bond donors (Lipinski definition) is 0. The fourth-order valence-corrected chi connectivity index (χ4v) is 2.93. The van der Waals surface area contributed by atoms with Gasteiger partial charge in [0.15, 0.2) is 5.78 Å². The van der Waals surface area contributed by atoms with Crippen LogP contribution in [0, 0.1) is 11.3 Å². The Morgan fingerprint density at radius 3 is 2.52 bits per heavy atom. The lowest BCUT2D eigenvalue weighted by Gasteiger charge is -2.05. The summed E-state index contributed by atoms with van der Waals surface area (Å²) in [6, 6.07) is 17.6. The van der Waals surface area contributed by atoms with Crippen LogP contribution in [0.5, 0.6) is 0 Å². The Kier molecular flexibility index (Phi) is 5.59. The van der Waals surface area contributed by atoms with E-state index in [1.807, 2.05) is 55.5 Å². The first kappa shape index (κ1) is 15.3. The van der Waals surface area contributed by atoms with Gasteiger partial charge in [-0.15, -0.1) is 11.8 Å². The molecule has 0 amide bonds. The molecule has 2 aromatic rings. The average molecular weight is 295 g/mol. The van der Waals surface area contributed by atoms with E-state index in [2.05, 4.69) is 6.07 Å². The maximum atomic E-state index is 11.8. The number of hydrogen-bond acceptors (Lipinski definition) is 3. The molecule has 106 valence electrons. The smallest absolute Gasteiger partial charge is 0.162 e. The van der Waals surface area contributed by atoms with Crippen LogP contribution in [0.3, 0.4) is 0 Å². The second kappa shape index (κ2) is 7.66. The highest BCUT2D eigenvalue weighted by Crippen LogP contribution is 2.24. The second-order valence-corrected chi connectivity index (χ2v) is 5.80. The quantitative estimate of drug-likeness (QED) is 0.566. The van der Waals surface area contributed by atoms with Gasteiger partial charge in [0.2, 0.25) is 0 Å². The maximum absolute atomic E-state index is 11.8. The van der Waals surface area contributed by atoms with Crippen LogP contribution in [-0.2, 0) is 5.75 Å². The van der Waals surface area contributed by atoms with Gasteiger partial charge in [-0.3, -0.25) is 4.79 Å². The molecule has 0 radical (unpaired) electrons. The summed E-state index contributed by atoms with van der Waals surface area (Å²) >= 11 is 1.67. The van der Waals surface area contributed by atoms with Gasteiger partial charge in [-0.25, -0.2) is 0 Å². The summed E-state index contributed by atoms with van der Waals surface area (Å²) in [6.07, 6.45) is 1.47. The van der Waals surface area contributed by atoms with Gasteiger partial charge in [-0.2, -0.15) is 5.26 Å². The van der Waals surface area contributed by atoms with Gasteiger partial charge in [0.25, 0.3) is 0 Å². The van der Waals surface area contributed by atoms with Crippen LogP contribution in [0.2, 0.25) is 0 Å². The molecular formula is C18H17NOS. The summed E-state index contributed by atoms with van der Waals surface area (Å²) in [7, 11) is 0. The molecule has 0 aliphatic carbocycles. The molecule has 2 aromatic carbocycles. The van der Waals surface area contributed by atoms with Gasteiger partial charge in [-0.05, 0) is 30.2 Å². The first-order chi connectivity index (χ1) is 10.2. The van der Waals surface area contributed by atoms with Crippen molar-refractivity contribution in [1.29, 1.82) is 5.26 Å². The third-order valence-corrected chi connectivity index (χ3v) is 4.25. The van der Waals surface area contributed by atoms with Crippen molar-refractivity contribution in [3.8, 4) is 6.07 Å². The summed E-state index contributed by atoms with van der Waals surface area (Å²) in [5.41, 5.74) is 2.54. The molecule has 3 heteroatoms. The summed E-state index contributed by atoms with van der Waals surface area (Å²) in [6.45, 7) is 2.01. The highest BCUT2D eigenvalue weighted by Gasteiger charge is 2.05. The number of carbonyl (C=O) groups excluding carboxylic acids is 1. The monoisotopic (exact) mass is 295 g/mol. The Morgan fingerprint density at radius 2 is 1.86 bits per heavy atom. The van der Waals surface area contributed by atoms with Crippen LogP contribution in [0.15, 0.2) is 53.4 Å². The van der Waals surface area contributed by atoms with E-state index in [0.717, 1.165) is 33.8 Å². The molecule has 0 aliphatic heterocycles. The molecule has 0 heterocycles. The van der Waals surface area contributed by atoms with E-state index < -0.39 is 0 Å². The number of nitrogens with zero attached hydrogens (tertiary/aromatic N) is 1. The number of thioether (sulfide) groups is 1. The summed E-state index contributed by atoms with van der Waals surface area (Å²) < 4.78 is 0. The van der Waals surface area contributed by atoms with Crippen LogP contribution in [-0.4, -0.2) is 5.78 Å². The standard InChI is InChI=1S/C18H17NOS/c1-2-5-18(20)14-8-10-17(11-9-14)21-13-16-7-4-3-6-15(16)12-19/h3-4,6-11H,2,5,13H2,1H3. The highest BCUT2D eigenvalue weighted by atomic mass is 32.2. The number of ketones is 1. The summed E-state index contributed by atoms with van der Waals surface area (Å²) in [4.78, 5) is 12.9. The Morgan fingerprint density at radius 1 is 1.14 bits per heavy atom. The Bertz CT molecular complexity index is 656. The van der Waals surface area contributed by atoms with Crippen molar-refractivity contribution >= 4 is 17.5 Å². The zero-order chi connectivity index (χ0) is 15.1. The summed E-state index contributed by atoms with van der Waals surface area (Å²) in [5, 5.41) is 9.07. The predicted molar refractivity (Wildman–Crippen MR) is 86.4 cm³/mol. The van der Waals surface area contributed by atoms with Crippen LogP contribution in [0.4, 0.5) is 0 Å². The normalized spacial score (nSPS) is 10.1. The number of Topliss-reactive ketones (excluding diaryl/α,β-unsaturated/α-hetero) is 1. The SMILES string of the molecule is CCCC(=O)c1ccc(SCc2ccccc2C#N)cc1. The second-order valence-electron chi connectivity index (χ2n) is 4.76. The van der Waals surface area contributed by atoms with Crippen LogP contribution >= 0.6 is 11.8 Å². The lowest BCUT2D eigenvalue weighted by atomic mass is 10.1. The van der Waals surface area contributed by atoms with E-state index in [-0.39, 0.29) is 5.78 Å². The lowest BCUT2D eigenvalue weighted by Crippen LogP contribution is -1.97. The largest absolute Gasteiger partial charge is 0.294 e. The molecule has 2 nitrogen and oxygen atoms in total. The molecule has 0 saturated carbocycles. The van der Waals surface area contributed by atoms with E-state index in [0.29, 0.717) is 6.42 Å². The maximum Gasteiger partial charge on any atom is 0.162 e. The van der Waals surface area contributed by atoms with Gasteiger partial charge >= 0.3 is 0 Å². The van der Waals surface area contributed by atoms with Crippen LogP contribution in [0.25, 0.3) is 0 Å². The molecule has 0 aliphatic rings. The molecular weight excluding hydrogens is 278 g/mol. The first-order valence-corrected chi connectivity index (χ1v) is 7.97. The Labute approximate surface area is 129 Å². The zero-order valence-electron chi connectivity index (χ0n) is 12.0. The molecule has 0 bridgehead atoms. The highest BCUT2D eigenvalue weighted by molar-refractivity contribution is 7.98. The minimum atomic E-state index is 0.198. The molecule has 0 saturated heterocycles. The van der Waals surface area contributed by atoms with Crippen molar-refractivity contribution < 1.29 is 4.79 Å². The van der Waals surface area contributed by atoms with E-state index >= 15 is 0 Å². The molecule has 21 heavy (non-hydrogen) atoms. The van der Waals surface area contributed by atoms with Gasteiger partial charge in [0, 0.05) is 22.6 Å². The van der Waals surface area contributed by atoms with Crippen molar-refractivity contribution in [3.05, 3.63) is 65.2 Å². The molecule has 0 N–H and O–H groups in total. The van der Waals surface area contributed by atoms with Crippen molar-refractivity contribution in [3.63, 3.8) is 0 Å². The Hall–Kier alpha value is -2.05. The lowest BCUT2D eigenvalue weighted by molar-refractivity contribution is 0.0981. The van der Waals surface area contributed by atoms with Gasteiger partial charge in [0.05, 0.1) is 11.6 Å². The van der Waals surface area contributed by atoms with Crippen molar-refractivity contribution in [2.75, 3.05) is 0 Å². The first-order valence-electron chi connectivity index (χ1n) is 6.98. The van der Waals surface area contributed by atoms with Crippen LogP contribution in [0.1, 0.15) is 41.3 Å². The molecule has 2 rings (SSSR count). The van der Waals surface area contributed by atoms with E-state index in [1.54, 1.807) is 11.8 Å². The van der Waals surface area contributed by atoms with Crippen LogP contribution < -0.4 is 0 Å². The van der Waals surface area contributed by atoms with Gasteiger partial charge < -0.3 is 0 Å². The van der Waals surface area contributed by atoms with Crippen molar-refractivity contribution in [2.24, 2.45) is 0 Å². The molecule has 0 atom stereocenters. The van der Waals surface area contributed by atoms with Gasteiger partial charge in [0.1, 0.15) is 0 Å². The van der Waals surface area contributed by atoms with E-state index in [4.69, 9.17) is 5.26 Å². The van der Waals surface area contributed by atoms with E-state index in [9.17, 15) is 4.79 Å². The minimum absolute atomic E-state index is 0.198. The number of nitriles is 1. The average Bonchev–Trinajstić information content (AvgIpc) is 2.54. The topological polar surface area (TPSA) is 40.9 Å². The molecule has 0 fully saturated rings. The van der Waals surface area contributed by atoms with Crippen molar-refractivity contribution in [1.82, 2.24) is 0 Å². The fraction of sp³-hybridized carbons (Fsp3) is 0.222. The number of benzene rings is 2. The van der Waals surface area contributed by atoms with Crippen molar-refractivity contribution in [2.45, 2.75) is 30.4 Å². The summed E-state index contributed by atoms with van der Waals surface area (Å²) in [5.74, 6) is 0.954. The third kappa shape index (κ3) is 4.21. The third-order valence-electron chi connectivity index (χ3n) is 3.19. The van der Waals surface area contributed by atoms with E-state index in [1.165, 1.54) is 0 Å². The Balaban J connectivity index is 2.01. The molecule has 0 aromatic heterocycles. The molecule has 0 spiro atoms. The van der Waals surface area contributed by atoms with Gasteiger partial charge in [-0.1, -0.05) is 37.3 Å². The number of carbonyl (C=O) groups is 1. The molecule has 0 unspecified atom stereocenters.